The van der Waals surface area contributed by atoms with Gasteiger partial charge in [-0.05, 0) is 18.2 Å². The van der Waals surface area contributed by atoms with Crippen molar-refractivity contribution in [3.8, 4) is 22.8 Å². The lowest BCUT2D eigenvalue weighted by molar-refractivity contribution is -0.133. The first-order valence-electron chi connectivity index (χ1n) is 7.56. The molecule has 0 fully saturated rings. The van der Waals surface area contributed by atoms with Crippen molar-refractivity contribution in [1.82, 2.24) is 10.3 Å². The minimum Gasteiger partial charge on any atom is -0.486 e. The van der Waals surface area contributed by atoms with E-state index >= 15 is 0 Å². The summed E-state index contributed by atoms with van der Waals surface area (Å²) in [6.07, 6.45) is 1.21. The normalized spacial score (nSPS) is 12.6. The van der Waals surface area contributed by atoms with Crippen molar-refractivity contribution in [3.05, 3.63) is 30.3 Å². The first kappa shape index (κ1) is 17.2. The van der Waals surface area contributed by atoms with Crippen molar-refractivity contribution in [2.75, 3.05) is 31.3 Å². The van der Waals surface area contributed by atoms with Gasteiger partial charge in [-0.2, -0.15) is 0 Å². The Kier molecular flexibility index (Phi) is 5.44. The number of amides is 1. The van der Waals surface area contributed by atoms with E-state index in [2.05, 4.69) is 10.3 Å². The number of fused-ring (bicyclic) bond motifs is 1. The summed E-state index contributed by atoms with van der Waals surface area (Å²) in [4.78, 5) is 26.7. The Labute approximate surface area is 147 Å². The molecule has 25 heavy (non-hydrogen) atoms. The van der Waals surface area contributed by atoms with Crippen LogP contribution in [0.1, 0.15) is 10.5 Å². The molecule has 9 heteroatoms. The molecule has 1 aromatic carbocycles. The SMILES string of the molecule is O=C(O)CSCCNC(=O)c1ncoc1-c1ccc2c(c1)OCCO2. The van der Waals surface area contributed by atoms with Gasteiger partial charge < -0.3 is 24.3 Å². The molecule has 0 aliphatic carbocycles. The molecular weight excluding hydrogens is 348 g/mol. The second-order valence-corrected chi connectivity index (χ2v) is 6.20. The molecule has 0 saturated heterocycles. The van der Waals surface area contributed by atoms with Crippen molar-refractivity contribution in [2.24, 2.45) is 0 Å². The number of nitrogens with one attached hydrogen (secondary N) is 1. The number of carbonyl (C=O) groups excluding carboxylic acids is 1. The topological polar surface area (TPSA) is 111 Å². The van der Waals surface area contributed by atoms with Crippen LogP contribution in [-0.2, 0) is 4.79 Å². The van der Waals surface area contributed by atoms with Crippen molar-refractivity contribution in [3.63, 3.8) is 0 Å². The van der Waals surface area contributed by atoms with E-state index in [0.29, 0.717) is 48.3 Å². The van der Waals surface area contributed by atoms with Crippen LogP contribution in [0, 0.1) is 0 Å². The van der Waals surface area contributed by atoms with E-state index in [-0.39, 0.29) is 17.4 Å². The van der Waals surface area contributed by atoms with Gasteiger partial charge in [-0.1, -0.05) is 0 Å². The third kappa shape index (κ3) is 4.24. The number of ether oxygens (including phenoxy) is 2. The number of hydrogen-bond acceptors (Lipinski definition) is 7. The van der Waals surface area contributed by atoms with Gasteiger partial charge in [0, 0.05) is 17.9 Å². The summed E-state index contributed by atoms with van der Waals surface area (Å²) in [5.41, 5.74) is 0.826. The van der Waals surface area contributed by atoms with Gasteiger partial charge in [0.15, 0.2) is 29.3 Å². The Morgan fingerprint density at radius 1 is 1.24 bits per heavy atom. The van der Waals surface area contributed by atoms with Crippen molar-refractivity contribution in [1.29, 1.82) is 0 Å². The molecule has 1 aromatic heterocycles. The van der Waals surface area contributed by atoms with Crippen LogP contribution in [0.2, 0.25) is 0 Å². The molecule has 8 nitrogen and oxygen atoms in total. The number of aliphatic carboxylic acids is 1. The van der Waals surface area contributed by atoms with Crippen LogP contribution in [0.3, 0.4) is 0 Å². The molecule has 0 bridgehead atoms. The maximum absolute atomic E-state index is 12.3. The van der Waals surface area contributed by atoms with Gasteiger partial charge in [-0.15, -0.1) is 11.8 Å². The maximum atomic E-state index is 12.3. The summed E-state index contributed by atoms with van der Waals surface area (Å²) in [6.45, 7) is 1.31. The summed E-state index contributed by atoms with van der Waals surface area (Å²) in [6, 6.07) is 5.28. The highest BCUT2D eigenvalue weighted by atomic mass is 32.2. The van der Waals surface area contributed by atoms with Crippen molar-refractivity contribution < 1.29 is 28.6 Å². The molecule has 2 heterocycles. The Balaban J connectivity index is 1.66. The highest BCUT2D eigenvalue weighted by Gasteiger charge is 2.20. The van der Waals surface area contributed by atoms with Gasteiger partial charge in [0.1, 0.15) is 13.2 Å². The molecular formula is C16H16N2O6S. The summed E-state index contributed by atoms with van der Waals surface area (Å²) in [5, 5.41) is 11.3. The molecule has 0 atom stereocenters. The fourth-order valence-corrected chi connectivity index (χ4v) is 2.84. The van der Waals surface area contributed by atoms with Gasteiger partial charge in [0.2, 0.25) is 0 Å². The van der Waals surface area contributed by atoms with E-state index in [9.17, 15) is 9.59 Å². The van der Waals surface area contributed by atoms with E-state index < -0.39 is 5.97 Å². The van der Waals surface area contributed by atoms with Crippen LogP contribution in [0.15, 0.2) is 29.0 Å². The van der Waals surface area contributed by atoms with Gasteiger partial charge in [-0.25, -0.2) is 4.98 Å². The summed E-state index contributed by atoms with van der Waals surface area (Å²) >= 11 is 1.23. The smallest absolute Gasteiger partial charge is 0.313 e. The number of aromatic nitrogens is 1. The largest absolute Gasteiger partial charge is 0.486 e. The molecule has 1 aliphatic rings. The van der Waals surface area contributed by atoms with E-state index in [1.165, 1.54) is 18.2 Å². The lowest BCUT2D eigenvalue weighted by Gasteiger charge is -2.18. The number of nitrogens with zero attached hydrogens (tertiary/aromatic N) is 1. The van der Waals surface area contributed by atoms with E-state index in [1.807, 2.05) is 0 Å². The Hall–Kier alpha value is -2.68. The maximum Gasteiger partial charge on any atom is 0.313 e. The Bertz CT molecular complexity index is 776. The predicted molar refractivity (Wildman–Crippen MR) is 90.2 cm³/mol. The number of carboxylic acid groups (broad SMARTS) is 1. The van der Waals surface area contributed by atoms with E-state index in [0.717, 1.165) is 0 Å². The van der Waals surface area contributed by atoms with Gasteiger partial charge >= 0.3 is 5.97 Å². The number of rotatable bonds is 7. The number of carbonyl (C=O) groups is 2. The van der Waals surface area contributed by atoms with Gasteiger partial charge in [0.05, 0.1) is 5.75 Å². The van der Waals surface area contributed by atoms with E-state index in [4.69, 9.17) is 19.0 Å². The fraction of sp³-hybridized carbons (Fsp3) is 0.312. The van der Waals surface area contributed by atoms with Crippen LogP contribution in [-0.4, -0.2) is 53.2 Å². The third-order valence-corrected chi connectivity index (χ3v) is 4.29. The molecule has 2 N–H and O–H groups in total. The number of oxazole rings is 1. The highest BCUT2D eigenvalue weighted by molar-refractivity contribution is 7.99. The molecule has 1 aliphatic heterocycles. The molecule has 0 radical (unpaired) electrons. The van der Waals surface area contributed by atoms with Crippen LogP contribution in [0.5, 0.6) is 11.5 Å². The second-order valence-electron chi connectivity index (χ2n) is 5.09. The zero-order valence-corrected chi connectivity index (χ0v) is 14.0. The number of hydrogen-bond donors (Lipinski definition) is 2. The quantitative estimate of drug-likeness (QED) is 0.714. The third-order valence-electron chi connectivity index (χ3n) is 3.34. The second kappa shape index (κ2) is 7.93. The molecule has 3 rings (SSSR count). The zero-order valence-electron chi connectivity index (χ0n) is 13.2. The average molecular weight is 364 g/mol. The predicted octanol–water partition coefficient (Wildman–Crippen LogP) is 1.66. The fourth-order valence-electron chi connectivity index (χ4n) is 2.28. The lowest BCUT2D eigenvalue weighted by atomic mass is 10.1. The number of thioether (sulfide) groups is 1. The minimum absolute atomic E-state index is 0.00226. The lowest BCUT2D eigenvalue weighted by Crippen LogP contribution is -2.26. The highest BCUT2D eigenvalue weighted by Crippen LogP contribution is 2.35. The Morgan fingerprint density at radius 3 is 2.84 bits per heavy atom. The summed E-state index contributed by atoms with van der Waals surface area (Å²) in [5.74, 6) is 0.820. The van der Waals surface area contributed by atoms with Crippen LogP contribution in [0.25, 0.3) is 11.3 Å². The number of benzene rings is 1. The Morgan fingerprint density at radius 2 is 2.04 bits per heavy atom. The summed E-state index contributed by atoms with van der Waals surface area (Å²) < 4.78 is 16.4. The van der Waals surface area contributed by atoms with Crippen LogP contribution < -0.4 is 14.8 Å². The van der Waals surface area contributed by atoms with E-state index in [1.54, 1.807) is 18.2 Å². The van der Waals surface area contributed by atoms with Crippen LogP contribution in [0.4, 0.5) is 0 Å². The first-order valence-corrected chi connectivity index (χ1v) is 8.72. The van der Waals surface area contributed by atoms with Crippen molar-refractivity contribution in [2.45, 2.75) is 0 Å². The standard InChI is InChI=1S/C16H16N2O6S/c19-13(20)8-25-6-3-17-16(21)14-15(24-9-18-14)10-1-2-11-12(7-10)23-5-4-22-11/h1-2,7,9H,3-6,8H2,(H,17,21)(H,19,20). The molecule has 132 valence electrons. The summed E-state index contributed by atoms with van der Waals surface area (Å²) in [7, 11) is 0. The van der Waals surface area contributed by atoms with Gasteiger partial charge in [-0.3, -0.25) is 9.59 Å². The molecule has 0 spiro atoms. The first-order chi connectivity index (χ1) is 12.1. The van der Waals surface area contributed by atoms with Crippen LogP contribution >= 0.6 is 11.8 Å². The number of carboxylic acids is 1. The molecule has 2 aromatic rings. The minimum atomic E-state index is -0.881. The van der Waals surface area contributed by atoms with Gasteiger partial charge in [0.25, 0.3) is 5.91 Å². The monoisotopic (exact) mass is 364 g/mol. The molecule has 1 amide bonds. The zero-order chi connectivity index (χ0) is 17.6. The molecule has 0 saturated carbocycles. The van der Waals surface area contributed by atoms with Crippen molar-refractivity contribution >= 4 is 23.6 Å². The average Bonchev–Trinajstić information content (AvgIpc) is 3.10. The molecule has 0 unspecified atom stereocenters.